The lowest BCUT2D eigenvalue weighted by molar-refractivity contribution is -0.158. The van der Waals surface area contributed by atoms with Crippen LogP contribution < -0.4 is 4.90 Å². The molecule has 2 heterocycles. The molecule has 3 aliphatic rings. The summed E-state index contributed by atoms with van der Waals surface area (Å²) in [4.78, 5) is 52.5. The number of rotatable bonds is 4. The van der Waals surface area contributed by atoms with E-state index in [-0.39, 0.29) is 29.6 Å². The monoisotopic (exact) mass is 382 g/mol. The predicted octanol–water partition coefficient (Wildman–Crippen LogP) is 1.46. The molecule has 3 atom stereocenters. The number of ether oxygens (including phenoxy) is 1. The maximum Gasteiger partial charge on any atom is 0.326 e. The number of allylic oxidation sites excluding steroid dienone is 2. The zero-order valence-corrected chi connectivity index (χ0v) is 15.7. The number of hydrogen-bond acceptors (Lipinski definition) is 5. The molecule has 3 unspecified atom stereocenters. The SMILES string of the molecule is CC(OC(=O)CN1C(=O)C2CC=CCC2C1=O)C(=O)N1CCc2ccccc21. The van der Waals surface area contributed by atoms with Crippen LogP contribution in [0, 0.1) is 11.8 Å². The first-order valence-corrected chi connectivity index (χ1v) is 9.56. The van der Waals surface area contributed by atoms with Crippen LogP contribution in [0.2, 0.25) is 0 Å². The van der Waals surface area contributed by atoms with Crippen LogP contribution in [0.1, 0.15) is 25.3 Å². The summed E-state index contributed by atoms with van der Waals surface area (Å²) in [7, 11) is 0. The van der Waals surface area contributed by atoms with E-state index < -0.39 is 18.6 Å². The van der Waals surface area contributed by atoms with Crippen LogP contribution in [0.3, 0.4) is 0 Å². The number of likely N-dealkylation sites (tertiary alicyclic amines) is 1. The first-order chi connectivity index (χ1) is 13.5. The van der Waals surface area contributed by atoms with Gasteiger partial charge in [-0.2, -0.15) is 0 Å². The lowest BCUT2D eigenvalue weighted by Gasteiger charge is -2.22. The molecule has 28 heavy (non-hydrogen) atoms. The van der Waals surface area contributed by atoms with E-state index in [1.165, 1.54) is 6.92 Å². The van der Waals surface area contributed by atoms with Gasteiger partial charge in [-0.25, -0.2) is 0 Å². The number of amides is 3. The van der Waals surface area contributed by atoms with E-state index in [4.69, 9.17) is 4.74 Å². The fourth-order valence-electron chi connectivity index (χ4n) is 4.23. The molecule has 1 fully saturated rings. The Hall–Kier alpha value is -2.96. The normalized spacial score (nSPS) is 24.2. The third-order valence-corrected chi connectivity index (χ3v) is 5.70. The van der Waals surface area contributed by atoms with Crippen molar-refractivity contribution in [1.82, 2.24) is 4.90 Å². The van der Waals surface area contributed by atoms with Gasteiger partial charge >= 0.3 is 5.97 Å². The topological polar surface area (TPSA) is 84.0 Å². The molecule has 3 amide bonds. The zero-order chi connectivity index (χ0) is 19.8. The van der Waals surface area contributed by atoms with Gasteiger partial charge < -0.3 is 9.64 Å². The number of esters is 1. The minimum Gasteiger partial charge on any atom is -0.451 e. The largest absolute Gasteiger partial charge is 0.451 e. The third kappa shape index (κ3) is 3.10. The number of imide groups is 1. The van der Waals surface area contributed by atoms with Gasteiger partial charge in [-0.1, -0.05) is 30.4 Å². The van der Waals surface area contributed by atoms with E-state index >= 15 is 0 Å². The van der Waals surface area contributed by atoms with Gasteiger partial charge in [0.1, 0.15) is 6.54 Å². The average molecular weight is 382 g/mol. The summed E-state index contributed by atoms with van der Waals surface area (Å²) in [5.41, 5.74) is 1.91. The van der Waals surface area contributed by atoms with Gasteiger partial charge in [0.05, 0.1) is 11.8 Å². The van der Waals surface area contributed by atoms with E-state index in [0.29, 0.717) is 19.4 Å². The van der Waals surface area contributed by atoms with Crippen molar-refractivity contribution in [3.63, 3.8) is 0 Å². The quantitative estimate of drug-likeness (QED) is 0.447. The molecule has 0 aromatic heterocycles. The summed E-state index contributed by atoms with van der Waals surface area (Å²) >= 11 is 0. The summed E-state index contributed by atoms with van der Waals surface area (Å²) in [5.74, 6) is -2.49. The van der Waals surface area contributed by atoms with Gasteiger partial charge in [0.2, 0.25) is 11.8 Å². The van der Waals surface area contributed by atoms with E-state index in [9.17, 15) is 19.2 Å². The van der Waals surface area contributed by atoms with Crippen molar-refractivity contribution in [3.05, 3.63) is 42.0 Å². The van der Waals surface area contributed by atoms with Crippen LogP contribution in [-0.2, 0) is 30.3 Å². The number of fused-ring (bicyclic) bond motifs is 2. The van der Waals surface area contributed by atoms with Crippen LogP contribution >= 0.6 is 0 Å². The summed E-state index contributed by atoms with van der Waals surface area (Å²) in [5, 5.41) is 0. The van der Waals surface area contributed by atoms with Crippen LogP contribution in [0.15, 0.2) is 36.4 Å². The van der Waals surface area contributed by atoms with Crippen molar-refractivity contribution >= 4 is 29.4 Å². The smallest absolute Gasteiger partial charge is 0.326 e. The second kappa shape index (κ2) is 7.22. The minimum atomic E-state index is -0.990. The Bertz CT molecular complexity index is 851. The fourth-order valence-corrected chi connectivity index (χ4v) is 4.23. The van der Waals surface area contributed by atoms with Gasteiger partial charge in [-0.05, 0) is 37.8 Å². The fraction of sp³-hybridized carbons (Fsp3) is 0.429. The highest BCUT2D eigenvalue weighted by atomic mass is 16.5. The van der Waals surface area contributed by atoms with Gasteiger partial charge in [0, 0.05) is 12.2 Å². The zero-order valence-electron chi connectivity index (χ0n) is 15.7. The summed E-state index contributed by atoms with van der Waals surface area (Å²) in [6.07, 6.45) is 4.59. The van der Waals surface area contributed by atoms with E-state index in [2.05, 4.69) is 0 Å². The lowest BCUT2D eigenvalue weighted by Crippen LogP contribution is -2.42. The van der Waals surface area contributed by atoms with Crippen LogP contribution in [0.4, 0.5) is 5.69 Å². The predicted molar refractivity (Wildman–Crippen MR) is 100 cm³/mol. The molecule has 7 heteroatoms. The molecule has 4 rings (SSSR count). The van der Waals surface area contributed by atoms with Gasteiger partial charge in [0.25, 0.3) is 5.91 Å². The first kappa shape index (κ1) is 18.4. The first-order valence-electron chi connectivity index (χ1n) is 9.56. The number of anilines is 1. The molecule has 1 aromatic carbocycles. The molecule has 0 N–H and O–H groups in total. The molecule has 2 aliphatic heterocycles. The number of para-hydroxylation sites is 1. The molecule has 0 saturated carbocycles. The Labute approximate surface area is 162 Å². The van der Waals surface area contributed by atoms with Crippen molar-refractivity contribution in [3.8, 4) is 0 Å². The Morgan fingerprint density at radius 1 is 1.11 bits per heavy atom. The van der Waals surface area contributed by atoms with E-state index in [1.807, 2.05) is 36.4 Å². The third-order valence-electron chi connectivity index (χ3n) is 5.70. The molecule has 1 saturated heterocycles. The Morgan fingerprint density at radius 2 is 1.75 bits per heavy atom. The Morgan fingerprint density at radius 3 is 2.43 bits per heavy atom. The highest BCUT2D eigenvalue weighted by Gasteiger charge is 2.48. The maximum atomic E-state index is 12.7. The van der Waals surface area contributed by atoms with Crippen molar-refractivity contribution in [1.29, 1.82) is 0 Å². The minimum absolute atomic E-state index is 0.310. The van der Waals surface area contributed by atoms with Crippen LogP contribution in [0.5, 0.6) is 0 Å². The van der Waals surface area contributed by atoms with Crippen molar-refractivity contribution in [2.75, 3.05) is 18.0 Å². The van der Waals surface area contributed by atoms with Crippen molar-refractivity contribution < 1.29 is 23.9 Å². The van der Waals surface area contributed by atoms with Gasteiger partial charge in [-0.3, -0.25) is 24.1 Å². The summed E-state index contributed by atoms with van der Waals surface area (Å²) in [6, 6.07) is 7.62. The molecule has 0 spiro atoms. The summed E-state index contributed by atoms with van der Waals surface area (Å²) in [6.45, 7) is 1.61. The number of hydrogen-bond donors (Lipinski definition) is 0. The average Bonchev–Trinajstić information content (AvgIpc) is 3.23. The van der Waals surface area contributed by atoms with E-state index in [0.717, 1.165) is 22.6 Å². The Balaban J connectivity index is 1.37. The molecule has 1 aliphatic carbocycles. The van der Waals surface area contributed by atoms with Crippen molar-refractivity contribution in [2.45, 2.75) is 32.3 Å². The van der Waals surface area contributed by atoms with E-state index in [1.54, 1.807) is 4.90 Å². The van der Waals surface area contributed by atoms with Crippen molar-refractivity contribution in [2.24, 2.45) is 11.8 Å². The Kier molecular flexibility index (Phi) is 4.75. The number of carbonyl (C=O) groups is 4. The van der Waals surface area contributed by atoms with Crippen LogP contribution in [0.25, 0.3) is 0 Å². The standard InChI is InChI=1S/C21H22N2O5/c1-13(19(25)22-11-10-14-6-2-5-9-17(14)22)28-18(24)12-23-20(26)15-7-3-4-8-16(15)21(23)27/h2-6,9,13,15-16H,7-8,10-12H2,1H3. The second-order valence-corrected chi connectivity index (χ2v) is 7.42. The summed E-state index contributed by atoms with van der Waals surface area (Å²) < 4.78 is 5.26. The molecule has 1 aromatic rings. The maximum absolute atomic E-state index is 12.7. The highest BCUT2D eigenvalue weighted by molar-refractivity contribution is 6.07. The number of carbonyl (C=O) groups excluding carboxylic acids is 4. The van der Waals surface area contributed by atoms with Gasteiger partial charge in [0.15, 0.2) is 6.10 Å². The number of nitrogens with zero attached hydrogens (tertiary/aromatic N) is 2. The lowest BCUT2D eigenvalue weighted by atomic mass is 9.85. The van der Waals surface area contributed by atoms with Crippen LogP contribution in [-0.4, -0.2) is 47.8 Å². The number of benzene rings is 1. The highest BCUT2D eigenvalue weighted by Crippen LogP contribution is 2.35. The molecule has 146 valence electrons. The molecule has 0 radical (unpaired) electrons. The molecule has 7 nitrogen and oxygen atoms in total. The molecular formula is C21H22N2O5. The van der Waals surface area contributed by atoms with Gasteiger partial charge in [-0.15, -0.1) is 0 Å². The molecule has 0 bridgehead atoms. The second-order valence-electron chi connectivity index (χ2n) is 7.42. The molecular weight excluding hydrogens is 360 g/mol.